The summed E-state index contributed by atoms with van der Waals surface area (Å²) in [7, 11) is 0. The van der Waals surface area contributed by atoms with E-state index >= 15 is 0 Å². The number of Topliss-reactive ketones (excluding diaryl/α,β-unsaturated/α-hetero) is 1. The average Bonchev–Trinajstić information content (AvgIpc) is 3.04. The van der Waals surface area contributed by atoms with Crippen LogP contribution in [0.25, 0.3) is 0 Å². The second-order valence-corrected chi connectivity index (χ2v) is 6.48. The van der Waals surface area contributed by atoms with E-state index < -0.39 is 35.7 Å². The van der Waals surface area contributed by atoms with Crippen molar-refractivity contribution in [3.8, 4) is 0 Å². The first kappa shape index (κ1) is 19.7. The van der Waals surface area contributed by atoms with Crippen LogP contribution in [-0.4, -0.2) is 47.4 Å². The molecule has 1 aliphatic rings. The molecule has 2 aromatic carbocycles. The fraction of sp³-hybridized carbons (Fsp3) is 0.286. The van der Waals surface area contributed by atoms with Gasteiger partial charge in [0.2, 0.25) is 5.79 Å². The first-order valence-electron chi connectivity index (χ1n) is 8.78. The average molecular weight is 384 g/mol. The van der Waals surface area contributed by atoms with Gasteiger partial charge < -0.3 is 19.3 Å². The molecule has 28 heavy (non-hydrogen) atoms. The fourth-order valence-electron chi connectivity index (χ4n) is 2.86. The molecule has 0 saturated carbocycles. The van der Waals surface area contributed by atoms with Crippen LogP contribution in [0.1, 0.15) is 34.1 Å². The molecule has 0 aliphatic carbocycles. The molecule has 1 heterocycles. The summed E-state index contributed by atoms with van der Waals surface area (Å²) >= 11 is 0. The van der Waals surface area contributed by atoms with Gasteiger partial charge in [0, 0.05) is 13.3 Å². The maximum absolute atomic E-state index is 12.3. The molecule has 3 atom stereocenters. The number of rotatable bonds is 6. The van der Waals surface area contributed by atoms with Gasteiger partial charge in [-0.25, -0.2) is 9.59 Å². The minimum absolute atomic E-state index is 0.242. The number of hydrogen-bond acceptors (Lipinski definition) is 7. The van der Waals surface area contributed by atoms with Crippen LogP contribution < -0.4 is 0 Å². The third kappa shape index (κ3) is 4.44. The van der Waals surface area contributed by atoms with Crippen LogP contribution in [0.5, 0.6) is 0 Å². The molecule has 0 spiro atoms. The Kier molecular flexibility index (Phi) is 5.87. The van der Waals surface area contributed by atoms with Gasteiger partial charge in [-0.15, -0.1) is 0 Å². The molecule has 0 bridgehead atoms. The van der Waals surface area contributed by atoms with E-state index in [0.717, 1.165) is 0 Å². The molecule has 0 amide bonds. The van der Waals surface area contributed by atoms with Gasteiger partial charge in [-0.3, -0.25) is 4.79 Å². The van der Waals surface area contributed by atoms with E-state index in [1.807, 2.05) is 0 Å². The van der Waals surface area contributed by atoms with Gasteiger partial charge in [-0.05, 0) is 24.3 Å². The molecule has 2 aromatic rings. The van der Waals surface area contributed by atoms with Gasteiger partial charge in [-0.2, -0.15) is 0 Å². The summed E-state index contributed by atoms with van der Waals surface area (Å²) in [6.45, 7) is 0.893. The van der Waals surface area contributed by atoms with Crippen molar-refractivity contribution in [1.82, 2.24) is 0 Å². The fourth-order valence-corrected chi connectivity index (χ4v) is 2.86. The van der Waals surface area contributed by atoms with Crippen LogP contribution in [0.2, 0.25) is 0 Å². The summed E-state index contributed by atoms with van der Waals surface area (Å²) in [6, 6.07) is 16.6. The van der Waals surface area contributed by atoms with Gasteiger partial charge in [0.25, 0.3) is 0 Å². The largest absolute Gasteiger partial charge is 0.459 e. The van der Waals surface area contributed by atoms with Crippen molar-refractivity contribution in [2.24, 2.45) is 0 Å². The molecule has 0 aromatic heterocycles. The number of ketones is 1. The second kappa shape index (κ2) is 8.33. The number of carbonyl (C=O) groups excluding carboxylic acids is 3. The predicted molar refractivity (Wildman–Crippen MR) is 97.5 cm³/mol. The van der Waals surface area contributed by atoms with Crippen molar-refractivity contribution in [2.75, 3.05) is 6.61 Å². The van der Waals surface area contributed by atoms with Crippen LogP contribution in [0.3, 0.4) is 0 Å². The van der Waals surface area contributed by atoms with Crippen LogP contribution in [0.4, 0.5) is 0 Å². The van der Waals surface area contributed by atoms with Gasteiger partial charge in [-0.1, -0.05) is 36.4 Å². The van der Waals surface area contributed by atoms with Crippen LogP contribution in [0, 0.1) is 0 Å². The Bertz CT molecular complexity index is 850. The zero-order valence-corrected chi connectivity index (χ0v) is 15.2. The molecule has 1 fully saturated rings. The molecule has 1 unspecified atom stereocenters. The van der Waals surface area contributed by atoms with Crippen molar-refractivity contribution in [3.63, 3.8) is 0 Å². The number of carbonyl (C=O) groups is 3. The molecule has 7 nitrogen and oxygen atoms in total. The first-order chi connectivity index (χ1) is 13.4. The van der Waals surface area contributed by atoms with E-state index in [2.05, 4.69) is 0 Å². The van der Waals surface area contributed by atoms with Crippen molar-refractivity contribution < 1.29 is 33.7 Å². The van der Waals surface area contributed by atoms with E-state index in [1.165, 1.54) is 6.92 Å². The Morgan fingerprint density at radius 3 is 2.07 bits per heavy atom. The Hall–Kier alpha value is -3.03. The maximum Gasteiger partial charge on any atom is 0.338 e. The third-order valence-corrected chi connectivity index (χ3v) is 4.45. The minimum Gasteiger partial charge on any atom is -0.459 e. The molecule has 7 heteroatoms. The summed E-state index contributed by atoms with van der Waals surface area (Å²) < 4.78 is 16.0. The maximum atomic E-state index is 12.3. The normalized spacial score (nSPS) is 23.8. The standard InChI is InChI=1S/C21H20O7/c1-14(22)21(25)12-17(27-20(24)16-10-6-3-7-11-16)18(28-21)13-26-19(23)15-8-4-2-5-9-15/h2-11,17-18,25H,12-13H2,1H3/t17-,18-,21?/m1/s1. The highest BCUT2D eigenvalue weighted by Crippen LogP contribution is 2.32. The molecular formula is C21H20O7. The Morgan fingerprint density at radius 1 is 1.00 bits per heavy atom. The third-order valence-electron chi connectivity index (χ3n) is 4.45. The molecule has 0 radical (unpaired) electrons. The van der Waals surface area contributed by atoms with Gasteiger partial charge in [0.05, 0.1) is 11.1 Å². The lowest BCUT2D eigenvalue weighted by atomic mass is 10.1. The molecule has 146 valence electrons. The zero-order chi connectivity index (χ0) is 20.1. The molecule has 1 aliphatic heterocycles. The van der Waals surface area contributed by atoms with E-state index in [1.54, 1.807) is 60.7 Å². The van der Waals surface area contributed by atoms with Crippen molar-refractivity contribution in [1.29, 1.82) is 0 Å². The quantitative estimate of drug-likeness (QED) is 0.762. The number of ether oxygens (including phenoxy) is 3. The van der Waals surface area contributed by atoms with Crippen LogP contribution >= 0.6 is 0 Å². The lowest BCUT2D eigenvalue weighted by Gasteiger charge is -2.19. The number of hydrogen-bond donors (Lipinski definition) is 1. The molecule has 1 N–H and O–H groups in total. The SMILES string of the molecule is CC(=O)C1(O)C[C@@H](OC(=O)c2ccccc2)[C@@H](COC(=O)c2ccccc2)O1. The lowest BCUT2D eigenvalue weighted by molar-refractivity contribution is -0.200. The first-order valence-corrected chi connectivity index (χ1v) is 8.78. The second-order valence-electron chi connectivity index (χ2n) is 6.48. The number of esters is 2. The van der Waals surface area contributed by atoms with Crippen molar-refractivity contribution in [3.05, 3.63) is 71.8 Å². The number of benzene rings is 2. The topological polar surface area (TPSA) is 99.1 Å². The van der Waals surface area contributed by atoms with E-state index in [9.17, 15) is 19.5 Å². The predicted octanol–water partition coefficient (Wildman–Crippen LogP) is 2.14. The van der Waals surface area contributed by atoms with Gasteiger partial charge >= 0.3 is 11.9 Å². The van der Waals surface area contributed by atoms with Crippen molar-refractivity contribution >= 4 is 17.7 Å². The Labute approximate surface area is 161 Å². The van der Waals surface area contributed by atoms with E-state index in [0.29, 0.717) is 11.1 Å². The summed E-state index contributed by atoms with van der Waals surface area (Å²) in [4.78, 5) is 36.2. The number of aliphatic hydroxyl groups is 1. The van der Waals surface area contributed by atoms with Crippen LogP contribution in [0.15, 0.2) is 60.7 Å². The molecule has 1 saturated heterocycles. The summed E-state index contributed by atoms with van der Waals surface area (Å²) in [5.74, 6) is -3.92. The monoisotopic (exact) mass is 384 g/mol. The van der Waals surface area contributed by atoms with E-state index in [-0.39, 0.29) is 13.0 Å². The van der Waals surface area contributed by atoms with E-state index in [4.69, 9.17) is 14.2 Å². The van der Waals surface area contributed by atoms with Crippen LogP contribution in [-0.2, 0) is 19.0 Å². The van der Waals surface area contributed by atoms with Gasteiger partial charge in [0.1, 0.15) is 18.8 Å². The molecular weight excluding hydrogens is 364 g/mol. The highest BCUT2D eigenvalue weighted by atomic mass is 16.7. The lowest BCUT2D eigenvalue weighted by Crippen LogP contribution is -2.37. The summed E-state index contributed by atoms with van der Waals surface area (Å²) in [6.07, 6.45) is -2.17. The Morgan fingerprint density at radius 2 is 1.54 bits per heavy atom. The highest BCUT2D eigenvalue weighted by molar-refractivity contribution is 5.90. The Balaban J connectivity index is 1.69. The summed E-state index contributed by atoms with van der Waals surface area (Å²) in [5.41, 5.74) is 0.668. The molecule has 3 rings (SSSR count). The zero-order valence-electron chi connectivity index (χ0n) is 15.2. The van der Waals surface area contributed by atoms with Gasteiger partial charge in [0.15, 0.2) is 5.78 Å². The summed E-state index contributed by atoms with van der Waals surface area (Å²) in [5, 5.41) is 10.4. The minimum atomic E-state index is -2.09. The van der Waals surface area contributed by atoms with Crippen molar-refractivity contribution in [2.45, 2.75) is 31.3 Å². The highest BCUT2D eigenvalue weighted by Gasteiger charge is 2.51. The smallest absolute Gasteiger partial charge is 0.338 e.